The van der Waals surface area contributed by atoms with Gasteiger partial charge in [-0.05, 0) is 40.8 Å². The van der Waals surface area contributed by atoms with Crippen molar-refractivity contribution in [1.82, 2.24) is 4.98 Å². The molecule has 0 fully saturated rings. The van der Waals surface area contributed by atoms with E-state index in [1.54, 1.807) is 12.1 Å². The van der Waals surface area contributed by atoms with Crippen molar-refractivity contribution in [2.24, 2.45) is 0 Å². The Morgan fingerprint density at radius 2 is 1.35 bits per heavy atom. The number of fused-ring (bicyclic) bond motifs is 1. The number of aromatic hydroxyl groups is 1. The summed E-state index contributed by atoms with van der Waals surface area (Å²) in [5, 5.41) is 10.8. The molecule has 2 heteroatoms. The van der Waals surface area contributed by atoms with Crippen LogP contribution in [-0.2, 0) is 0 Å². The van der Waals surface area contributed by atoms with Crippen molar-refractivity contribution in [1.29, 1.82) is 0 Å². The average Bonchev–Trinajstić information content (AvgIpc) is 3.01. The largest absolute Gasteiger partial charge is 0.508 e. The van der Waals surface area contributed by atoms with Crippen LogP contribution in [0.1, 0.15) is 22.7 Å². The second-order valence-electron chi connectivity index (χ2n) is 5.75. The maximum atomic E-state index is 9.59. The smallest absolute Gasteiger partial charge is 0.115 e. The van der Waals surface area contributed by atoms with E-state index in [0.29, 0.717) is 0 Å². The lowest BCUT2D eigenvalue weighted by atomic mass is 9.88. The normalized spacial score (nSPS) is 12.3. The molecule has 1 heterocycles. The molecule has 4 aromatic rings. The van der Waals surface area contributed by atoms with Gasteiger partial charge in [-0.15, -0.1) is 0 Å². The van der Waals surface area contributed by atoms with Gasteiger partial charge in [-0.25, -0.2) is 0 Å². The molecule has 0 amide bonds. The second-order valence-corrected chi connectivity index (χ2v) is 5.75. The summed E-state index contributed by atoms with van der Waals surface area (Å²) in [5.41, 5.74) is 4.68. The van der Waals surface area contributed by atoms with Crippen LogP contribution >= 0.6 is 0 Å². The van der Waals surface area contributed by atoms with E-state index < -0.39 is 0 Å². The highest BCUT2D eigenvalue weighted by Crippen LogP contribution is 2.33. The Morgan fingerprint density at radius 3 is 2.09 bits per heavy atom. The molecule has 2 nitrogen and oxygen atoms in total. The van der Waals surface area contributed by atoms with Gasteiger partial charge in [0.05, 0.1) is 0 Å². The Hall–Kier alpha value is -3.00. The second kappa shape index (κ2) is 5.65. The number of benzene rings is 3. The van der Waals surface area contributed by atoms with E-state index in [1.165, 1.54) is 10.9 Å². The van der Waals surface area contributed by atoms with Gasteiger partial charge in [0.15, 0.2) is 0 Å². The number of rotatable bonds is 3. The van der Waals surface area contributed by atoms with Crippen molar-refractivity contribution in [3.63, 3.8) is 0 Å². The van der Waals surface area contributed by atoms with Crippen LogP contribution in [0.25, 0.3) is 10.9 Å². The van der Waals surface area contributed by atoms with Gasteiger partial charge < -0.3 is 10.1 Å². The summed E-state index contributed by atoms with van der Waals surface area (Å²) in [6.45, 7) is 0. The van der Waals surface area contributed by atoms with Gasteiger partial charge in [0.1, 0.15) is 5.75 Å². The highest BCUT2D eigenvalue weighted by Gasteiger charge is 2.18. The first kappa shape index (κ1) is 13.6. The zero-order valence-electron chi connectivity index (χ0n) is 12.6. The predicted molar refractivity (Wildman–Crippen MR) is 93.8 cm³/mol. The van der Waals surface area contributed by atoms with Gasteiger partial charge in [-0.3, -0.25) is 0 Å². The molecule has 0 spiro atoms. The van der Waals surface area contributed by atoms with Crippen molar-refractivity contribution in [3.05, 3.63) is 102 Å². The number of phenols is 1. The first-order valence-corrected chi connectivity index (χ1v) is 7.73. The summed E-state index contributed by atoms with van der Waals surface area (Å²) in [6.07, 6.45) is 0. The highest BCUT2D eigenvalue weighted by atomic mass is 16.3. The fraction of sp³-hybridized carbons (Fsp3) is 0.0476. The zero-order chi connectivity index (χ0) is 15.6. The van der Waals surface area contributed by atoms with Gasteiger partial charge in [0, 0.05) is 17.1 Å². The SMILES string of the molecule is Oc1ccc(C(c2ccccc2)c2cc3ccccc3[nH]2)cc1. The van der Waals surface area contributed by atoms with E-state index in [-0.39, 0.29) is 11.7 Å². The lowest BCUT2D eigenvalue weighted by Crippen LogP contribution is -2.03. The lowest BCUT2D eigenvalue weighted by molar-refractivity contribution is 0.475. The quantitative estimate of drug-likeness (QED) is 0.545. The molecule has 0 aliphatic carbocycles. The minimum atomic E-state index is 0.115. The molecule has 3 aromatic carbocycles. The molecule has 1 unspecified atom stereocenters. The molecule has 1 atom stereocenters. The maximum absolute atomic E-state index is 9.59. The van der Waals surface area contributed by atoms with Crippen molar-refractivity contribution >= 4 is 10.9 Å². The predicted octanol–water partition coefficient (Wildman–Crippen LogP) is 5.05. The first-order chi connectivity index (χ1) is 11.3. The Balaban J connectivity index is 1.89. The molecular weight excluding hydrogens is 282 g/mol. The Bertz CT molecular complexity index is 890. The molecule has 0 saturated heterocycles. The van der Waals surface area contributed by atoms with Crippen molar-refractivity contribution in [3.8, 4) is 5.75 Å². The minimum absolute atomic E-state index is 0.115. The number of hydrogen-bond donors (Lipinski definition) is 2. The van der Waals surface area contributed by atoms with E-state index in [1.807, 2.05) is 24.3 Å². The molecule has 0 bridgehead atoms. The van der Waals surface area contributed by atoms with Gasteiger partial charge in [-0.1, -0.05) is 60.7 Å². The standard InChI is InChI=1S/C21H17NO/c23-18-12-10-16(11-13-18)21(15-6-2-1-3-7-15)20-14-17-8-4-5-9-19(17)22-20/h1-14,21-23H. The van der Waals surface area contributed by atoms with Crippen molar-refractivity contribution < 1.29 is 5.11 Å². The van der Waals surface area contributed by atoms with E-state index in [2.05, 4.69) is 53.5 Å². The van der Waals surface area contributed by atoms with Crippen molar-refractivity contribution in [2.45, 2.75) is 5.92 Å². The molecule has 1 aromatic heterocycles. The molecule has 23 heavy (non-hydrogen) atoms. The van der Waals surface area contributed by atoms with E-state index in [9.17, 15) is 5.11 Å². The number of para-hydroxylation sites is 1. The summed E-state index contributed by atoms with van der Waals surface area (Å²) in [7, 11) is 0. The summed E-state index contributed by atoms with van der Waals surface area (Å²) in [5.74, 6) is 0.404. The van der Waals surface area contributed by atoms with Crippen molar-refractivity contribution in [2.75, 3.05) is 0 Å². The third-order valence-corrected chi connectivity index (χ3v) is 4.22. The number of hydrogen-bond acceptors (Lipinski definition) is 1. The van der Waals surface area contributed by atoms with Crippen LogP contribution in [0.15, 0.2) is 84.9 Å². The third-order valence-electron chi connectivity index (χ3n) is 4.22. The van der Waals surface area contributed by atoms with Crippen LogP contribution in [0.5, 0.6) is 5.75 Å². The molecule has 0 saturated carbocycles. The summed E-state index contributed by atoms with van der Waals surface area (Å²) in [4.78, 5) is 3.54. The fourth-order valence-corrected chi connectivity index (χ4v) is 3.12. The Morgan fingerprint density at radius 1 is 0.696 bits per heavy atom. The molecular formula is C21H17NO. The molecule has 2 N–H and O–H groups in total. The van der Waals surface area contributed by atoms with Crippen LogP contribution in [0.2, 0.25) is 0 Å². The van der Waals surface area contributed by atoms with Gasteiger partial charge in [0.25, 0.3) is 0 Å². The fourth-order valence-electron chi connectivity index (χ4n) is 3.12. The monoisotopic (exact) mass is 299 g/mol. The van der Waals surface area contributed by atoms with E-state index >= 15 is 0 Å². The molecule has 112 valence electrons. The van der Waals surface area contributed by atoms with Crippen LogP contribution in [0, 0.1) is 0 Å². The minimum Gasteiger partial charge on any atom is -0.508 e. The summed E-state index contributed by atoms with van der Waals surface area (Å²) >= 11 is 0. The number of H-pyrrole nitrogens is 1. The maximum Gasteiger partial charge on any atom is 0.115 e. The first-order valence-electron chi connectivity index (χ1n) is 7.73. The zero-order valence-corrected chi connectivity index (χ0v) is 12.6. The van der Waals surface area contributed by atoms with Crippen LogP contribution in [0.3, 0.4) is 0 Å². The number of phenolic OH excluding ortho intramolecular Hbond substituents is 1. The molecule has 0 aliphatic heterocycles. The topological polar surface area (TPSA) is 36.0 Å². The van der Waals surface area contributed by atoms with Crippen LogP contribution in [-0.4, -0.2) is 10.1 Å². The number of nitrogens with one attached hydrogen (secondary N) is 1. The number of aromatic amines is 1. The van der Waals surface area contributed by atoms with Gasteiger partial charge >= 0.3 is 0 Å². The van der Waals surface area contributed by atoms with Gasteiger partial charge in [-0.2, -0.15) is 0 Å². The van der Waals surface area contributed by atoms with E-state index in [4.69, 9.17) is 0 Å². The average molecular weight is 299 g/mol. The highest BCUT2D eigenvalue weighted by molar-refractivity contribution is 5.80. The summed E-state index contributed by atoms with van der Waals surface area (Å²) in [6, 6.07) is 28.4. The molecule has 4 rings (SSSR count). The Labute approximate surface area is 135 Å². The number of aromatic nitrogens is 1. The lowest BCUT2D eigenvalue weighted by Gasteiger charge is -2.17. The molecule has 0 radical (unpaired) electrons. The van der Waals surface area contributed by atoms with Gasteiger partial charge in [0.2, 0.25) is 0 Å². The Kier molecular flexibility index (Phi) is 3.35. The summed E-state index contributed by atoms with van der Waals surface area (Å²) < 4.78 is 0. The molecule has 0 aliphatic rings. The third kappa shape index (κ3) is 2.59. The van der Waals surface area contributed by atoms with E-state index in [0.717, 1.165) is 16.8 Å². The van der Waals surface area contributed by atoms with Crippen LogP contribution in [0.4, 0.5) is 0 Å². The van der Waals surface area contributed by atoms with Crippen LogP contribution < -0.4 is 0 Å².